The summed E-state index contributed by atoms with van der Waals surface area (Å²) in [5.74, 6) is 0. The molecular weight excluding hydrogens is 258 g/mol. The molecule has 17 valence electrons. The molecule has 0 N–H and O–H groups in total. The van der Waals surface area contributed by atoms with Crippen LogP contribution in [0.1, 0.15) is 0 Å². The zero-order valence-electron chi connectivity index (χ0n) is 1.60. The molecule has 0 aliphatic heterocycles. The van der Waals surface area contributed by atoms with Gasteiger partial charge in [-0.15, -0.1) is 0 Å². The van der Waals surface area contributed by atoms with Gasteiger partial charge in [0.25, 0.3) is 0 Å². The fraction of sp³-hybridized carbons (Fsp3) is 0. The first-order valence-corrected chi connectivity index (χ1v) is 0. The second-order valence-corrected chi connectivity index (χ2v) is 0. The third kappa shape index (κ3) is 8.85. The Morgan fingerprint density at radius 1 is 1.00 bits per heavy atom. The van der Waals surface area contributed by atoms with Gasteiger partial charge in [0.2, 0.25) is 0 Å². The predicted molar refractivity (Wildman–Crippen MR) is 0 cm³/mol. The van der Waals surface area contributed by atoms with Crippen molar-refractivity contribution in [2.75, 3.05) is 0 Å². The summed E-state index contributed by atoms with van der Waals surface area (Å²) in [6, 6.07) is 0. The zero-order chi connectivity index (χ0) is 0. The van der Waals surface area contributed by atoms with Crippen LogP contribution in [0, 0.1) is 0 Å². The van der Waals surface area contributed by atoms with Crippen molar-refractivity contribution in [1.29, 1.82) is 0 Å². The van der Waals surface area contributed by atoms with E-state index in [2.05, 4.69) is 0 Å². The fourth-order valence-corrected chi connectivity index (χ4v) is 0. The van der Waals surface area contributed by atoms with Crippen molar-refractivity contribution in [3.8, 4) is 0 Å². The molecule has 0 aromatic heterocycles. The molecule has 3 radical (unpaired) electrons. The van der Waals surface area contributed by atoms with E-state index in [0.29, 0.717) is 0 Å². The molecule has 0 saturated heterocycles. The first-order valence-electron chi connectivity index (χ1n) is 0. The van der Waals surface area contributed by atoms with Crippen molar-refractivity contribution in [2.45, 2.75) is 0 Å². The van der Waals surface area contributed by atoms with Crippen LogP contribution in [0.4, 0.5) is 0 Å². The molecular formula is CoCrMoV+9. The van der Waals surface area contributed by atoms with Crippen LogP contribution >= 0.6 is 0 Å². The Morgan fingerprint density at radius 3 is 1.00 bits per heavy atom. The Morgan fingerprint density at radius 2 is 1.00 bits per heavy atom. The average molecular weight is 258 g/mol. The Kier molecular flexibility index (Phi) is 154. The molecule has 0 fully saturated rings. The van der Waals surface area contributed by atoms with E-state index in [-0.39, 0.29) is 73.8 Å². The van der Waals surface area contributed by atoms with Crippen LogP contribution < -0.4 is 0 Å². The Hall–Kier alpha value is 2.31. The molecule has 0 aliphatic carbocycles. The van der Waals surface area contributed by atoms with Crippen LogP contribution in [-0.2, 0) is 73.8 Å². The maximum absolute atomic E-state index is 0. The van der Waals surface area contributed by atoms with Gasteiger partial charge in [0, 0.05) is 18.6 Å². The topological polar surface area (TPSA) is 0 Å². The van der Waals surface area contributed by atoms with E-state index in [1.54, 1.807) is 0 Å². The molecule has 0 bridgehead atoms. The monoisotopic (exact) mass is 260 g/mol. The van der Waals surface area contributed by atoms with E-state index >= 15 is 0 Å². The van der Waals surface area contributed by atoms with Crippen LogP contribution in [0.2, 0.25) is 0 Å². The van der Waals surface area contributed by atoms with Crippen LogP contribution in [0.5, 0.6) is 0 Å². The van der Waals surface area contributed by atoms with E-state index in [9.17, 15) is 0 Å². The standard InChI is InChI=1S/Co.Cr.Mo.V/q+2;+3;+4;. The second kappa shape index (κ2) is 18.5. The summed E-state index contributed by atoms with van der Waals surface area (Å²) >= 11 is 0. The van der Waals surface area contributed by atoms with Crippen LogP contribution in [0.3, 0.4) is 0 Å². The van der Waals surface area contributed by atoms with Gasteiger partial charge in [0.05, 0.1) is 0 Å². The SMILES string of the molecule is [Co+2].[Cr+3].[Mo+4].[V]. The molecule has 0 aliphatic rings. The summed E-state index contributed by atoms with van der Waals surface area (Å²) in [6.07, 6.45) is 0. The van der Waals surface area contributed by atoms with Crippen molar-refractivity contribution in [1.82, 2.24) is 0 Å². The minimum absolute atomic E-state index is 0. The summed E-state index contributed by atoms with van der Waals surface area (Å²) in [6.45, 7) is 0. The summed E-state index contributed by atoms with van der Waals surface area (Å²) < 4.78 is 0. The van der Waals surface area contributed by atoms with E-state index in [4.69, 9.17) is 0 Å². The van der Waals surface area contributed by atoms with Gasteiger partial charge in [-0.25, -0.2) is 0 Å². The number of hydrogen-bond acceptors (Lipinski definition) is 0. The Bertz CT molecular complexity index is 8.00. The maximum Gasteiger partial charge on any atom is 4.00 e. The minimum atomic E-state index is 0. The van der Waals surface area contributed by atoms with Crippen molar-refractivity contribution < 1.29 is 73.8 Å². The molecule has 4 heteroatoms. The molecule has 0 unspecified atom stereocenters. The predicted octanol–water partition coefficient (Wildman–Crippen LogP) is -0.0100. The van der Waals surface area contributed by atoms with Crippen molar-refractivity contribution in [3.05, 3.63) is 0 Å². The van der Waals surface area contributed by atoms with E-state index in [0.717, 1.165) is 0 Å². The van der Waals surface area contributed by atoms with Crippen molar-refractivity contribution >= 4 is 0 Å². The summed E-state index contributed by atoms with van der Waals surface area (Å²) in [7, 11) is 0. The van der Waals surface area contributed by atoms with E-state index < -0.39 is 0 Å². The average Bonchev–Trinajstić information content (AvgIpc) is 0. The molecule has 0 aromatic rings. The third-order valence-electron chi connectivity index (χ3n) is 0. The van der Waals surface area contributed by atoms with Gasteiger partial charge < -0.3 is 0 Å². The molecule has 0 spiro atoms. The van der Waals surface area contributed by atoms with Gasteiger partial charge in [-0.3, -0.25) is 0 Å². The second-order valence-electron chi connectivity index (χ2n) is 0. The largest absolute Gasteiger partial charge is 4.00 e. The summed E-state index contributed by atoms with van der Waals surface area (Å²) in [5.41, 5.74) is 0. The number of hydrogen-bond donors (Lipinski definition) is 0. The van der Waals surface area contributed by atoms with Gasteiger partial charge in [-0.05, 0) is 0 Å². The summed E-state index contributed by atoms with van der Waals surface area (Å²) in [5, 5.41) is 0. The summed E-state index contributed by atoms with van der Waals surface area (Å²) in [4.78, 5) is 0. The van der Waals surface area contributed by atoms with Crippen molar-refractivity contribution in [2.24, 2.45) is 0 Å². The van der Waals surface area contributed by atoms with Crippen LogP contribution in [-0.4, -0.2) is 0 Å². The zero-order valence-corrected chi connectivity index (χ0v) is 7.32. The molecule has 0 nitrogen and oxygen atoms in total. The van der Waals surface area contributed by atoms with Crippen molar-refractivity contribution in [3.63, 3.8) is 0 Å². The van der Waals surface area contributed by atoms with Gasteiger partial charge in [0.15, 0.2) is 0 Å². The quantitative estimate of drug-likeness (QED) is 0.536. The first-order chi connectivity index (χ1) is 0. The normalized spacial score (nSPS) is 0. The molecule has 0 atom stereocenters. The maximum atomic E-state index is 0. The molecule has 0 amide bonds. The van der Waals surface area contributed by atoms with Gasteiger partial charge >= 0.3 is 55.2 Å². The third-order valence-corrected chi connectivity index (χ3v) is 0. The smallest absolute Gasteiger partial charge is 0 e. The minimum Gasteiger partial charge on any atom is 0 e. The molecule has 0 aromatic carbocycles. The van der Waals surface area contributed by atoms with E-state index in [1.807, 2.05) is 0 Å². The Balaban J connectivity index is 0. The Labute approximate surface area is 73.0 Å². The van der Waals surface area contributed by atoms with Gasteiger partial charge in [0.1, 0.15) is 0 Å². The van der Waals surface area contributed by atoms with Crippen LogP contribution in [0.25, 0.3) is 0 Å². The van der Waals surface area contributed by atoms with E-state index in [1.165, 1.54) is 0 Å². The molecule has 0 rings (SSSR count). The van der Waals surface area contributed by atoms with Crippen LogP contribution in [0.15, 0.2) is 0 Å². The molecule has 0 saturated carbocycles. The molecule has 4 heavy (non-hydrogen) atoms. The van der Waals surface area contributed by atoms with Gasteiger partial charge in [-0.2, -0.15) is 0 Å². The fourth-order valence-electron chi connectivity index (χ4n) is 0. The van der Waals surface area contributed by atoms with Gasteiger partial charge in [-0.1, -0.05) is 0 Å². The molecule has 0 heterocycles. The first kappa shape index (κ1) is 33.3. The number of rotatable bonds is 0.